The second-order valence-corrected chi connectivity index (χ2v) is 5.15. The van der Waals surface area contributed by atoms with Crippen molar-refractivity contribution in [2.75, 3.05) is 0 Å². The molecule has 2 N–H and O–H groups in total. The van der Waals surface area contributed by atoms with Gasteiger partial charge in [-0.05, 0) is 24.6 Å². The predicted octanol–water partition coefficient (Wildman–Crippen LogP) is 2.53. The number of nitrogens with zero attached hydrogens (tertiary/aromatic N) is 3. The van der Waals surface area contributed by atoms with Crippen molar-refractivity contribution in [1.82, 2.24) is 25.4 Å². The van der Waals surface area contributed by atoms with E-state index in [4.69, 9.17) is 0 Å². The van der Waals surface area contributed by atoms with Gasteiger partial charge in [-0.1, -0.05) is 6.07 Å². The van der Waals surface area contributed by atoms with Crippen LogP contribution in [0.2, 0.25) is 0 Å². The molecule has 0 fully saturated rings. The van der Waals surface area contributed by atoms with Crippen molar-refractivity contribution in [3.63, 3.8) is 0 Å². The monoisotopic (exact) mass is 345 g/mol. The van der Waals surface area contributed by atoms with Crippen LogP contribution in [0.25, 0.3) is 0 Å². The fourth-order valence-corrected chi connectivity index (χ4v) is 2.14. The maximum absolute atomic E-state index is 13.0. The lowest BCUT2D eigenvalue weighted by Crippen LogP contribution is -2.37. The zero-order chi connectivity index (χ0) is 17.9. The van der Waals surface area contributed by atoms with Crippen molar-refractivity contribution >= 4 is 6.03 Å². The molecule has 0 saturated heterocycles. The van der Waals surface area contributed by atoms with Gasteiger partial charge in [0.25, 0.3) is 0 Å². The van der Waals surface area contributed by atoms with E-state index in [1.54, 1.807) is 18.5 Å². The first kappa shape index (κ1) is 17.7. The molecular formula is C14H15F4N5O. The first-order chi connectivity index (χ1) is 11.2. The molecule has 0 radical (unpaired) electrons. The maximum Gasteiger partial charge on any atom is 0.416 e. The molecule has 0 aliphatic heterocycles. The molecule has 1 heterocycles. The summed E-state index contributed by atoms with van der Waals surface area (Å²) in [6, 6.07) is 1.13. The Labute approximate surface area is 134 Å². The SMILES string of the molecule is CC(NC(=O)NCc1ccc(F)cc1C(F)(F)F)c1nncn1C. The van der Waals surface area contributed by atoms with E-state index in [-0.39, 0.29) is 5.56 Å². The molecule has 2 rings (SSSR count). The Morgan fingerprint density at radius 3 is 2.67 bits per heavy atom. The van der Waals surface area contributed by atoms with Gasteiger partial charge in [0, 0.05) is 13.6 Å². The van der Waals surface area contributed by atoms with E-state index in [1.807, 2.05) is 0 Å². The first-order valence-electron chi connectivity index (χ1n) is 6.92. The lowest BCUT2D eigenvalue weighted by atomic mass is 10.1. The number of hydrogen-bond acceptors (Lipinski definition) is 3. The van der Waals surface area contributed by atoms with Crippen LogP contribution < -0.4 is 10.6 Å². The van der Waals surface area contributed by atoms with E-state index in [1.165, 1.54) is 6.33 Å². The molecule has 24 heavy (non-hydrogen) atoms. The van der Waals surface area contributed by atoms with Gasteiger partial charge >= 0.3 is 12.2 Å². The van der Waals surface area contributed by atoms with Crippen molar-refractivity contribution in [3.8, 4) is 0 Å². The lowest BCUT2D eigenvalue weighted by molar-refractivity contribution is -0.138. The molecule has 0 aliphatic carbocycles. The number of carbonyl (C=O) groups is 1. The van der Waals surface area contributed by atoms with Crippen molar-refractivity contribution in [2.24, 2.45) is 7.05 Å². The van der Waals surface area contributed by atoms with Gasteiger partial charge < -0.3 is 15.2 Å². The largest absolute Gasteiger partial charge is 0.416 e. The van der Waals surface area contributed by atoms with Gasteiger partial charge in [-0.25, -0.2) is 9.18 Å². The van der Waals surface area contributed by atoms with E-state index < -0.39 is 36.2 Å². The van der Waals surface area contributed by atoms with E-state index in [9.17, 15) is 22.4 Å². The number of nitrogens with one attached hydrogen (secondary N) is 2. The molecule has 6 nitrogen and oxygen atoms in total. The maximum atomic E-state index is 13.0. The van der Waals surface area contributed by atoms with E-state index in [0.717, 1.165) is 12.1 Å². The zero-order valence-corrected chi connectivity index (χ0v) is 12.9. The van der Waals surface area contributed by atoms with E-state index in [2.05, 4.69) is 20.8 Å². The Morgan fingerprint density at radius 1 is 1.38 bits per heavy atom. The van der Waals surface area contributed by atoms with E-state index in [0.29, 0.717) is 11.9 Å². The topological polar surface area (TPSA) is 71.8 Å². The van der Waals surface area contributed by atoms with Crippen LogP contribution in [0.5, 0.6) is 0 Å². The summed E-state index contributed by atoms with van der Waals surface area (Å²) in [6.07, 6.45) is -3.25. The summed E-state index contributed by atoms with van der Waals surface area (Å²) in [4.78, 5) is 11.8. The number of halogens is 4. The molecule has 1 atom stereocenters. The van der Waals surface area contributed by atoms with Crippen LogP contribution in [0.15, 0.2) is 24.5 Å². The van der Waals surface area contributed by atoms with Gasteiger partial charge in [-0.3, -0.25) is 0 Å². The average molecular weight is 345 g/mol. The van der Waals surface area contributed by atoms with Crippen molar-refractivity contribution in [2.45, 2.75) is 25.7 Å². The van der Waals surface area contributed by atoms with Crippen LogP contribution in [-0.4, -0.2) is 20.8 Å². The summed E-state index contributed by atoms with van der Waals surface area (Å²) >= 11 is 0. The number of hydrogen-bond donors (Lipinski definition) is 2. The number of aryl methyl sites for hydroxylation is 1. The molecule has 0 bridgehead atoms. The second-order valence-electron chi connectivity index (χ2n) is 5.15. The third-order valence-electron chi connectivity index (χ3n) is 3.30. The standard InChI is InChI=1S/C14H15F4N5O/c1-8(12-22-20-7-23(12)2)21-13(24)19-6-9-3-4-10(15)5-11(9)14(16,17)18/h3-5,7-8H,6H2,1-2H3,(H2,19,21,24). The molecule has 1 unspecified atom stereocenters. The highest BCUT2D eigenvalue weighted by Crippen LogP contribution is 2.32. The Kier molecular flexibility index (Phi) is 5.05. The summed E-state index contributed by atoms with van der Waals surface area (Å²) in [5.74, 6) is -0.505. The quantitative estimate of drug-likeness (QED) is 0.837. The Balaban J connectivity index is 2.01. The summed E-state index contributed by atoms with van der Waals surface area (Å²) in [5, 5.41) is 12.3. The number of carbonyl (C=O) groups excluding carboxylic acids is 1. The molecule has 0 aliphatic rings. The van der Waals surface area contributed by atoms with Crippen LogP contribution in [-0.2, 0) is 19.8 Å². The molecule has 1 aromatic heterocycles. The van der Waals surface area contributed by atoms with Gasteiger partial charge in [-0.2, -0.15) is 13.2 Å². The molecule has 1 aromatic carbocycles. The van der Waals surface area contributed by atoms with Crippen LogP contribution in [0, 0.1) is 5.82 Å². The molecule has 0 saturated carbocycles. The molecule has 2 amide bonds. The first-order valence-corrected chi connectivity index (χ1v) is 6.92. The average Bonchev–Trinajstić information content (AvgIpc) is 2.91. The second kappa shape index (κ2) is 6.85. The number of benzene rings is 1. The summed E-state index contributed by atoms with van der Waals surface area (Å²) in [6.45, 7) is 1.26. The normalized spacial score (nSPS) is 12.8. The van der Waals surface area contributed by atoms with Gasteiger partial charge in [-0.15, -0.1) is 10.2 Å². The number of aromatic nitrogens is 3. The Bertz CT molecular complexity index is 728. The third-order valence-corrected chi connectivity index (χ3v) is 3.30. The fourth-order valence-electron chi connectivity index (χ4n) is 2.14. The fraction of sp³-hybridized carbons (Fsp3) is 0.357. The molecule has 10 heteroatoms. The summed E-state index contributed by atoms with van der Waals surface area (Å²) < 4.78 is 53.3. The lowest BCUT2D eigenvalue weighted by Gasteiger charge is -2.16. The van der Waals surface area contributed by atoms with Crippen LogP contribution in [0.1, 0.15) is 29.9 Å². The number of rotatable bonds is 4. The molecule has 130 valence electrons. The van der Waals surface area contributed by atoms with Gasteiger partial charge in [0.2, 0.25) is 0 Å². The minimum atomic E-state index is -4.71. The predicted molar refractivity (Wildman–Crippen MR) is 76.2 cm³/mol. The highest BCUT2D eigenvalue weighted by Gasteiger charge is 2.33. The van der Waals surface area contributed by atoms with Gasteiger partial charge in [0.1, 0.15) is 12.1 Å². The number of urea groups is 1. The van der Waals surface area contributed by atoms with Crippen LogP contribution in [0.3, 0.4) is 0 Å². The van der Waals surface area contributed by atoms with Crippen molar-refractivity contribution < 1.29 is 22.4 Å². The minimum absolute atomic E-state index is 0.231. The number of alkyl halides is 3. The van der Waals surface area contributed by atoms with Gasteiger partial charge in [0.05, 0.1) is 11.6 Å². The minimum Gasteiger partial charge on any atom is -0.334 e. The zero-order valence-electron chi connectivity index (χ0n) is 12.9. The Hall–Kier alpha value is -2.65. The Morgan fingerprint density at radius 2 is 2.08 bits per heavy atom. The van der Waals surface area contributed by atoms with Crippen molar-refractivity contribution in [3.05, 3.63) is 47.3 Å². The molecule has 2 aromatic rings. The summed E-state index contributed by atoms with van der Waals surface area (Å²) in [7, 11) is 1.69. The smallest absolute Gasteiger partial charge is 0.334 e. The highest BCUT2D eigenvalue weighted by molar-refractivity contribution is 5.74. The molecular weight excluding hydrogens is 330 g/mol. The van der Waals surface area contributed by atoms with Crippen LogP contribution in [0.4, 0.5) is 22.4 Å². The highest BCUT2D eigenvalue weighted by atomic mass is 19.4. The summed E-state index contributed by atoms with van der Waals surface area (Å²) in [5.41, 5.74) is -1.35. The van der Waals surface area contributed by atoms with Crippen molar-refractivity contribution in [1.29, 1.82) is 0 Å². The van der Waals surface area contributed by atoms with E-state index >= 15 is 0 Å². The van der Waals surface area contributed by atoms with Gasteiger partial charge in [0.15, 0.2) is 5.82 Å². The molecule has 0 spiro atoms. The number of amides is 2. The third kappa shape index (κ3) is 4.21. The van der Waals surface area contributed by atoms with Crippen LogP contribution >= 0.6 is 0 Å².